The highest BCUT2D eigenvalue weighted by atomic mass is 19.1. The summed E-state index contributed by atoms with van der Waals surface area (Å²) in [6, 6.07) is 6.94. The number of aryl methyl sites for hydroxylation is 1. The van der Waals surface area contributed by atoms with Crippen LogP contribution in [0.25, 0.3) is 0 Å². The largest absolute Gasteiger partial charge is 0.478 e. The fourth-order valence-corrected chi connectivity index (χ4v) is 1.71. The Balaban J connectivity index is 2.05. The topological polar surface area (TPSA) is 79.3 Å². The van der Waals surface area contributed by atoms with Crippen LogP contribution in [0, 0.1) is 12.7 Å². The molecule has 2 rings (SSSR count). The maximum absolute atomic E-state index is 13.4. The number of carboxylic acids is 1. The van der Waals surface area contributed by atoms with Crippen LogP contribution in [0.15, 0.2) is 36.5 Å². The van der Waals surface area contributed by atoms with Crippen molar-refractivity contribution in [2.75, 3.05) is 0 Å². The maximum atomic E-state index is 13.4. The van der Waals surface area contributed by atoms with Gasteiger partial charge in [-0.1, -0.05) is 6.07 Å². The highest BCUT2D eigenvalue weighted by Crippen LogP contribution is 2.09. The van der Waals surface area contributed by atoms with Gasteiger partial charge in [-0.3, -0.25) is 9.78 Å². The van der Waals surface area contributed by atoms with Gasteiger partial charge in [0, 0.05) is 11.8 Å². The number of carboxylic acid groups (broad SMARTS) is 1. The minimum atomic E-state index is -1.06. The molecule has 108 valence electrons. The van der Waals surface area contributed by atoms with Crippen LogP contribution < -0.4 is 5.32 Å². The lowest BCUT2D eigenvalue weighted by Crippen LogP contribution is -2.23. The van der Waals surface area contributed by atoms with E-state index in [2.05, 4.69) is 10.3 Å². The Morgan fingerprint density at radius 1 is 1.24 bits per heavy atom. The zero-order chi connectivity index (χ0) is 15.4. The lowest BCUT2D eigenvalue weighted by Gasteiger charge is -2.06. The first-order valence-electron chi connectivity index (χ1n) is 6.20. The molecule has 0 bridgehead atoms. The second kappa shape index (κ2) is 6.13. The number of benzene rings is 1. The second-order valence-electron chi connectivity index (χ2n) is 4.49. The smallest absolute Gasteiger partial charge is 0.335 e. The van der Waals surface area contributed by atoms with E-state index < -0.39 is 17.7 Å². The molecule has 1 aromatic heterocycles. The number of carbonyl (C=O) groups is 2. The molecule has 5 nitrogen and oxygen atoms in total. The van der Waals surface area contributed by atoms with Crippen LogP contribution in [0.2, 0.25) is 0 Å². The van der Waals surface area contributed by atoms with Gasteiger partial charge in [0.15, 0.2) is 0 Å². The molecule has 2 aromatic rings. The molecular weight excluding hydrogens is 275 g/mol. The van der Waals surface area contributed by atoms with Crippen molar-refractivity contribution in [3.05, 3.63) is 64.7 Å². The number of nitrogens with zero attached hydrogens (tertiary/aromatic N) is 1. The molecule has 1 amide bonds. The van der Waals surface area contributed by atoms with Gasteiger partial charge in [0.25, 0.3) is 5.91 Å². The molecule has 2 N–H and O–H groups in total. The Bertz CT molecular complexity index is 701. The molecule has 0 aliphatic heterocycles. The highest BCUT2D eigenvalue weighted by Gasteiger charge is 2.09. The van der Waals surface area contributed by atoms with Crippen molar-refractivity contribution in [3.63, 3.8) is 0 Å². The van der Waals surface area contributed by atoms with Crippen molar-refractivity contribution >= 4 is 11.9 Å². The molecule has 0 spiro atoms. The molecule has 1 aromatic carbocycles. The molecule has 21 heavy (non-hydrogen) atoms. The third-order valence-corrected chi connectivity index (χ3v) is 2.93. The minimum Gasteiger partial charge on any atom is -0.478 e. The third-order valence-electron chi connectivity index (χ3n) is 2.93. The number of aromatic carboxylic acids is 1. The highest BCUT2D eigenvalue weighted by molar-refractivity contribution is 5.94. The van der Waals surface area contributed by atoms with Crippen LogP contribution in [0.1, 0.15) is 32.0 Å². The molecule has 0 aliphatic rings. The van der Waals surface area contributed by atoms with Crippen molar-refractivity contribution in [1.82, 2.24) is 10.3 Å². The second-order valence-corrected chi connectivity index (χ2v) is 4.49. The average Bonchev–Trinajstić information content (AvgIpc) is 2.48. The van der Waals surface area contributed by atoms with E-state index in [0.29, 0.717) is 11.3 Å². The Morgan fingerprint density at radius 3 is 2.67 bits per heavy atom. The predicted octanol–water partition coefficient (Wildman–Crippen LogP) is 2.16. The normalized spacial score (nSPS) is 10.2. The van der Waals surface area contributed by atoms with Crippen molar-refractivity contribution in [2.24, 2.45) is 0 Å². The first kappa shape index (κ1) is 14.6. The zero-order valence-corrected chi connectivity index (χ0v) is 11.3. The third kappa shape index (κ3) is 3.62. The first-order valence-corrected chi connectivity index (χ1v) is 6.20. The van der Waals surface area contributed by atoms with Crippen LogP contribution in [0.3, 0.4) is 0 Å². The SMILES string of the molecule is Cc1ccc(C(=O)NCc2cc(C(=O)O)ccn2)cc1F. The Labute approximate surface area is 120 Å². The van der Waals surface area contributed by atoms with E-state index in [9.17, 15) is 14.0 Å². The fourth-order valence-electron chi connectivity index (χ4n) is 1.71. The van der Waals surface area contributed by atoms with Gasteiger partial charge in [-0.05, 0) is 36.8 Å². The molecule has 0 atom stereocenters. The Hall–Kier alpha value is -2.76. The van der Waals surface area contributed by atoms with E-state index in [1.807, 2.05) is 0 Å². The van der Waals surface area contributed by atoms with Gasteiger partial charge in [-0.2, -0.15) is 0 Å². The van der Waals surface area contributed by atoms with E-state index in [0.717, 1.165) is 6.07 Å². The van der Waals surface area contributed by atoms with Crippen molar-refractivity contribution in [3.8, 4) is 0 Å². The molecule has 0 aliphatic carbocycles. The number of hydrogen-bond acceptors (Lipinski definition) is 3. The van der Waals surface area contributed by atoms with Crippen LogP contribution in [0.5, 0.6) is 0 Å². The zero-order valence-electron chi connectivity index (χ0n) is 11.3. The summed E-state index contributed by atoms with van der Waals surface area (Å²) in [5, 5.41) is 11.4. The number of halogens is 1. The number of rotatable bonds is 4. The molecule has 0 saturated carbocycles. The number of carbonyl (C=O) groups excluding carboxylic acids is 1. The molecule has 0 fully saturated rings. The lowest BCUT2D eigenvalue weighted by molar-refractivity contribution is 0.0696. The molecule has 1 heterocycles. The minimum absolute atomic E-state index is 0.0649. The van der Waals surface area contributed by atoms with Crippen LogP contribution in [-0.2, 0) is 6.54 Å². The Kier molecular flexibility index (Phi) is 4.27. The van der Waals surface area contributed by atoms with Gasteiger partial charge in [-0.25, -0.2) is 9.18 Å². The number of nitrogens with one attached hydrogen (secondary N) is 1. The van der Waals surface area contributed by atoms with Crippen LogP contribution in [0.4, 0.5) is 4.39 Å². The van der Waals surface area contributed by atoms with Gasteiger partial charge >= 0.3 is 5.97 Å². The standard InChI is InChI=1S/C15H13FN2O3/c1-9-2-3-10(7-13(9)16)14(19)18-8-12-6-11(15(20)21)4-5-17-12/h2-7H,8H2,1H3,(H,18,19)(H,20,21). The summed E-state index contributed by atoms with van der Waals surface area (Å²) in [5.41, 5.74) is 1.17. The summed E-state index contributed by atoms with van der Waals surface area (Å²) < 4.78 is 13.4. The molecule has 0 saturated heterocycles. The summed E-state index contributed by atoms with van der Waals surface area (Å²) in [4.78, 5) is 26.7. The predicted molar refractivity (Wildman–Crippen MR) is 73.5 cm³/mol. The van der Waals surface area contributed by atoms with Gasteiger partial charge in [0.1, 0.15) is 5.82 Å². The van der Waals surface area contributed by atoms with Crippen molar-refractivity contribution in [1.29, 1.82) is 0 Å². The monoisotopic (exact) mass is 288 g/mol. The number of hydrogen-bond donors (Lipinski definition) is 2. The number of amides is 1. The quantitative estimate of drug-likeness (QED) is 0.903. The lowest BCUT2D eigenvalue weighted by atomic mass is 10.1. The van der Waals surface area contributed by atoms with E-state index in [-0.39, 0.29) is 17.7 Å². The molecule has 6 heteroatoms. The number of aromatic nitrogens is 1. The summed E-state index contributed by atoms with van der Waals surface area (Å²) in [6.07, 6.45) is 1.36. The number of pyridine rings is 1. The van der Waals surface area contributed by atoms with Crippen LogP contribution >= 0.6 is 0 Å². The van der Waals surface area contributed by atoms with E-state index in [4.69, 9.17) is 5.11 Å². The first-order chi connectivity index (χ1) is 9.97. The maximum Gasteiger partial charge on any atom is 0.335 e. The fraction of sp³-hybridized carbons (Fsp3) is 0.133. The van der Waals surface area contributed by atoms with Gasteiger partial charge in [0.05, 0.1) is 17.8 Å². The van der Waals surface area contributed by atoms with Crippen molar-refractivity contribution in [2.45, 2.75) is 13.5 Å². The van der Waals surface area contributed by atoms with E-state index >= 15 is 0 Å². The van der Waals surface area contributed by atoms with Gasteiger partial charge < -0.3 is 10.4 Å². The summed E-state index contributed by atoms with van der Waals surface area (Å²) in [5.74, 6) is -1.96. The van der Waals surface area contributed by atoms with Gasteiger partial charge in [0.2, 0.25) is 0 Å². The van der Waals surface area contributed by atoms with E-state index in [1.54, 1.807) is 6.92 Å². The van der Waals surface area contributed by atoms with Gasteiger partial charge in [-0.15, -0.1) is 0 Å². The average molecular weight is 288 g/mol. The van der Waals surface area contributed by atoms with E-state index in [1.165, 1.54) is 30.5 Å². The molecular formula is C15H13FN2O3. The molecule has 0 unspecified atom stereocenters. The van der Waals surface area contributed by atoms with Crippen LogP contribution in [-0.4, -0.2) is 22.0 Å². The Morgan fingerprint density at radius 2 is 2.00 bits per heavy atom. The summed E-state index contributed by atoms with van der Waals surface area (Å²) >= 11 is 0. The summed E-state index contributed by atoms with van der Waals surface area (Å²) in [7, 11) is 0. The van der Waals surface area contributed by atoms with Crippen molar-refractivity contribution < 1.29 is 19.1 Å². The molecule has 0 radical (unpaired) electrons. The summed E-state index contributed by atoms with van der Waals surface area (Å²) in [6.45, 7) is 1.67.